The molecule has 1 aliphatic rings. The Balaban J connectivity index is 0.000000921. The lowest BCUT2D eigenvalue weighted by Gasteiger charge is -2.25. The van der Waals surface area contributed by atoms with Crippen molar-refractivity contribution in [2.75, 3.05) is 0 Å². The number of Topliss-reactive ketones (excluding diaryl/α,β-unsaturated/α-hetero) is 1. The molecule has 0 aromatic carbocycles. The lowest BCUT2D eigenvalue weighted by Crippen LogP contribution is -2.18. The third-order valence-electron chi connectivity index (χ3n) is 3.27. The van der Waals surface area contributed by atoms with Crippen LogP contribution in [0.25, 0.3) is 0 Å². The van der Waals surface area contributed by atoms with Gasteiger partial charge in [-0.25, -0.2) is 0 Å². The fourth-order valence-electron chi connectivity index (χ4n) is 2.05. The second-order valence-corrected chi connectivity index (χ2v) is 4.95. The molecule has 0 atom stereocenters. The van der Waals surface area contributed by atoms with Crippen LogP contribution in [0, 0.1) is 17.8 Å². The monoisotopic (exact) mass is 212 g/mol. The van der Waals surface area contributed by atoms with Crippen molar-refractivity contribution in [3.05, 3.63) is 0 Å². The van der Waals surface area contributed by atoms with Gasteiger partial charge in [0.25, 0.3) is 0 Å². The normalized spacial score (nSPS) is 25.7. The summed E-state index contributed by atoms with van der Waals surface area (Å²) in [6.45, 7) is 10.3. The Morgan fingerprint density at radius 2 is 1.60 bits per heavy atom. The zero-order valence-electron chi connectivity index (χ0n) is 11.2. The van der Waals surface area contributed by atoms with Crippen LogP contribution in [-0.4, -0.2) is 5.78 Å². The van der Waals surface area contributed by atoms with E-state index in [1.807, 2.05) is 27.7 Å². The fourth-order valence-corrected chi connectivity index (χ4v) is 2.05. The van der Waals surface area contributed by atoms with E-state index < -0.39 is 0 Å². The van der Waals surface area contributed by atoms with Crippen LogP contribution < -0.4 is 0 Å². The van der Waals surface area contributed by atoms with Gasteiger partial charge in [0.2, 0.25) is 0 Å². The molecule has 1 fully saturated rings. The first-order valence-electron chi connectivity index (χ1n) is 6.62. The highest BCUT2D eigenvalue weighted by Crippen LogP contribution is 2.30. The molecule has 0 N–H and O–H groups in total. The average molecular weight is 212 g/mol. The summed E-state index contributed by atoms with van der Waals surface area (Å²) in [6.07, 6.45) is 6.05. The quantitative estimate of drug-likeness (QED) is 0.675. The van der Waals surface area contributed by atoms with Crippen LogP contribution in [-0.2, 0) is 4.79 Å². The first kappa shape index (κ1) is 14.7. The highest BCUT2D eigenvalue weighted by Gasteiger charge is 2.21. The maximum absolute atomic E-state index is 11.5. The van der Waals surface area contributed by atoms with E-state index in [1.165, 1.54) is 25.7 Å². The molecule has 1 rings (SSSR count). The first-order valence-corrected chi connectivity index (χ1v) is 6.62. The van der Waals surface area contributed by atoms with Crippen molar-refractivity contribution < 1.29 is 4.79 Å². The molecule has 0 aromatic rings. The van der Waals surface area contributed by atoms with Gasteiger partial charge in [0, 0.05) is 12.3 Å². The predicted octanol–water partition coefficient (Wildman–Crippen LogP) is 4.45. The largest absolute Gasteiger partial charge is 0.299 e. The van der Waals surface area contributed by atoms with E-state index in [-0.39, 0.29) is 5.92 Å². The van der Waals surface area contributed by atoms with Crippen LogP contribution in [0.3, 0.4) is 0 Å². The lowest BCUT2D eigenvalue weighted by molar-refractivity contribution is -0.123. The van der Waals surface area contributed by atoms with Crippen molar-refractivity contribution in [1.29, 1.82) is 0 Å². The average Bonchev–Trinajstić information content (AvgIpc) is 2.24. The summed E-state index contributed by atoms with van der Waals surface area (Å²) in [6, 6.07) is 0. The van der Waals surface area contributed by atoms with Crippen molar-refractivity contribution >= 4 is 5.78 Å². The molecule has 0 aromatic heterocycles. The summed E-state index contributed by atoms with van der Waals surface area (Å²) in [5.74, 6) is 2.29. The van der Waals surface area contributed by atoms with Gasteiger partial charge < -0.3 is 0 Å². The Kier molecular flexibility index (Phi) is 7.72. The topological polar surface area (TPSA) is 17.1 Å². The van der Waals surface area contributed by atoms with Crippen LogP contribution in [0.4, 0.5) is 0 Å². The van der Waals surface area contributed by atoms with Gasteiger partial charge in [0.1, 0.15) is 5.78 Å². The molecule has 1 heteroatoms. The van der Waals surface area contributed by atoms with E-state index in [1.54, 1.807) is 0 Å². The Hall–Kier alpha value is -0.330. The molecule has 15 heavy (non-hydrogen) atoms. The molecule has 0 unspecified atom stereocenters. The zero-order valence-corrected chi connectivity index (χ0v) is 11.2. The van der Waals surface area contributed by atoms with Crippen LogP contribution in [0.2, 0.25) is 0 Å². The van der Waals surface area contributed by atoms with Crippen molar-refractivity contribution in [2.24, 2.45) is 17.8 Å². The number of carbonyl (C=O) groups excluding carboxylic acids is 1. The lowest BCUT2D eigenvalue weighted by atomic mass is 9.80. The summed E-state index contributed by atoms with van der Waals surface area (Å²) >= 11 is 0. The summed E-state index contributed by atoms with van der Waals surface area (Å²) in [5, 5.41) is 0. The Morgan fingerprint density at radius 3 is 2.00 bits per heavy atom. The molecule has 0 heterocycles. The molecule has 0 radical (unpaired) electrons. The van der Waals surface area contributed by atoms with E-state index in [4.69, 9.17) is 0 Å². The van der Waals surface area contributed by atoms with E-state index in [2.05, 4.69) is 6.92 Å². The van der Waals surface area contributed by atoms with E-state index in [0.29, 0.717) is 11.7 Å². The predicted molar refractivity (Wildman–Crippen MR) is 66.9 cm³/mol. The maximum Gasteiger partial charge on any atom is 0.135 e. The Morgan fingerprint density at radius 1 is 1.13 bits per heavy atom. The van der Waals surface area contributed by atoms with Crippen molar-refractivity contribution in [2.45, 2.75) is 66.7 Å². The Labute approximate surface area is 95.6 Å². The van der Waals surface area contributed by atoms with Crippen molar-refractivity contribution in [1.82, 2.24) is 0 Å². The molecular weight excluding hydrogens is 184 g/mol. The third-order valence-corrected chi connectivity index (χ3v) is 3.27. The number of ketones is 1. The van der Waals surface area contributed by atoms with Crippen LogP contribution in [0.15, 0.2) is 0 Å². The highest BCUT2D eigenvalue weighted by molar-refractivity contribution is 5.80. The molecule has 0 amide bonds. The number of hydrogen-bond acceptors (Lipinski definition) is 1. The second kappa shape index (κ2) is 7.90. The molecule has 1 nitrogen and oxygen atoms in total. The summed E-state index contributed by atoms with van der Waals surface area (Å²) < 4.78 is 0. The van der Waals surface area contributed by atoms with Crippen LogP contribution in [0.5, 0.6) is 0 Å². The molecule has 0 aliphatic heterocycles. The SMILES string of the molecule is CC.CC1CCC(CC(=O)C(C)C)CC1. The smallest absolute Gasteiger partial charge is 0.135 e. The molecule has 0 bridgehead atoms. The van der Waals surface area contributed by atoms with Gasteiger partial charge in [0.15, 0.2) is 0 Å². The van der Waals surface area contributed by atoms with E-state index in [9.17, 15) is 4.79 Å². The number of rotatable bonds is 3. The standard InChI is InChI=1S/C12H22O.C2H6/c1-9(2)12(13)8-11-6-4-10(3)5-7-11;1-2/h9-11H,4-8H2,1-3H3;1-2H3. The van der Waals surface area contributed by atoms with Gasteiger partial charge in [-0.2, -0.15) is 0 Å². The Bertz CT molecular complexity index is 164. The third kappa shape index (κ3) is 5.96. The van der Waals surface area contributed by atoms with Gasteiger partial charge in [-0.3, -0.25) is 4.79 Å². The van der Waals surface area contributed by atoms with E-state index >= 15 is 0 Å². The van der Waals surface area contributed by atoms with Gasteiger partial charge in [0.05, 0.1) is 0 Å². The van der Waals surface area contributed by atoms with Crippen molar-refractivity contribution in [3.63, 3.8) is 0 Å². The molecule has 0 saturated heterocycles. The molecule has 90 valence electrons. The van der Waals surface area contributed by atoms with Crippen molar-refractivity contribution in [3.8, 4) is 0 Å². The molecular formula is C14H28O. The summed E-state index contributed by atoms with van der Waals surface area (Å²) in [7, 11) is 0. The minimum Gasteiger partial charge on any atom is -0.299 e. The second-order valence-electron chi connectivity index (χ2n) is 4.95. The highest BCUT2D eigenvalue weighted by atomic mass is 16.1. The van der Waals surface area contributed by atoms with Crippen LogP contribution >= 0.6 is 0 Å². The molecule has 1 aliphatic carbocycles. The minimum absolute atomic E-state index is 0.236. The molecule has 0 spiro atoms. The maximum atomic E-state index is 11.5. The van der Waals surface area contributed by atoms with Gasteiger partial charge >= 0.3 is 0 Å². The fraction of sp³-hybridized carbons (Fsp3) is 0.929. The van der Waals surface area contributed by atoms with Gasteiger partial charge in [-0.05, 0) is 24.7 Å². The number of carbonyl (C=O) groups is 1. The van der Waals surface area contributed by atoms with Crippen LogP contribution in [0.1, 0.15) is 66.7 Å². The van der Waals surface area contributed by atoms with Gasteiger partial charge in [-0.15, -0.1) is 0 Å². The number of hydrogen-bond donors (Lipinski definition) is 0. The first-order chi connectivity index (χ1) is 7.09. The minimum atomic E-state index is 0.236. The molecule has 1 saturated carbocycles. The zero-order chi connectivity index (χ0) is 11.8. The van der Waals surface area contributed by atoms with E-state index in [0.717, 1.165) is 12.3 Å². The van der Waals surface area contributed by atoms with Gasteiger partial charge in [-0.1, -0.05) is 47.5 Å². The summed E-state index contributed by atoms with van der Waals surface area (Å²) in [5.41, 5.74) is 0. The summed E-state index contributed by atoms with van der Waals surface area (Å²) in [4.78, 5) is 11.5.